The largest absolute Gasteiger partial charge is 0.395 e. The van der Waals surface area contributed by atoms with Crippen molar-refractivity contribution in [2.75, 3.05) is 33.4 Å². The Labute approximate surface area is 71.4 Å². The van der Waals surface area contributed by atoms with Crippen LogP contribution < -0.4 is 0 Å². The van der Waals surface area contributed by atoms with Gasteiger partial charge in [0.15, 0.2) is 0 Å². The van der Waals surface area contributed by atoms with Crippen LogP contribution in [0.1, 0.15) is 0 Å². The Bertz CT molecular complexity index is 122. The fraction of sp³-hybridized carbons (Fsp3) is 1.00. The number of rotatable bonds is 6. The van der Waals surface area contributed by atoms with Crippen molar-refractivity contribution in [2.24, 2.45) is 0 Å². The third kappa shape index (κ3) is 4.81. The van der Waals surface area contributed by atoms with Gasteiger partial charge in [-0.25, -0.2) is 0 Å². The molecule has 7 heteroatoms. The second kappa shape index (κ2) is 5.63. The normalized spacial score (nSPS) is 13.8. The number of methoxy groups -OCH3 is 1. The summed E-state index contributed by atoms with van der Waals surface area (Å²) in [5.41, 5.74) is 0. The molecule has 0 aliphatic rings. The number of aliphatic hydroxyl groups excluding tert-OH is 1. The van der Waals surface area contributed by atoms with Crippen molar-refractivity contribution in [2.45, 2.75) is 0 Å². The fourth-order valence-corrected chi connectivity index (χ4v) is 1.19. The van der Waals surface area contributed by atoms with Gasteiger partial charge in [-0.1, -0.05) is 0 Å². The van der Waals surface area contributed by atoms with Gasteiger partial charge in [-0.05, 0) is 0 Å². The van der Waals surface area contributed by atoms with Crippen LogP contribution in [0.2, 0.25) is 0 Å². The molecule has 0 radical (unpaired) electrons. The van der Waals surface area contributed by atoms with Crippen LogP contribution in [0.25, 0.3) is 0 Å². The first kappa shape index (κ1) is 12.0. The van der Waals surface area contributed by atoms with Crippen LogP contribution in [0, 0.1) is 0 Å². The van der Waals surface area contributed by atoms with Crippen molar-refractivity contribution in [1.82, 2.24) is 4.31 Å². The number of hydrogen-bond donors (Lipinski definition) is 1. The monoisotopic (exact) mass is 207 g/mol. The number of ether oxygens (including phenoxy) is 1. The van der Waals surface area contributed by atoms with Gasteiger partial charge in [0, 0.05) is 20.2 Å². The molecule has 1 N–H and O–H groups in total. The molecule has 0 saturated carbocycles. The lowest BCUT2D eigenvalue weighted by Gasteiger charge is -2.25. The van der Waals surface area contributed by atoms with Crippen molar-refractivity contribution in [3.8, 4) is 0 Å². The number of aliphatic hydroxyl groups is 1. The van der Waals surface area contributed by atoms with E-state index in [0.29, 0.717) is 0 Å². The maximum Gasteiger partial charge on any atom is 0.278 e. The molecule has 0 amide bonds. The zero-order valence-electron chi connectivity index (χ0n) is 6.67. The average Bonchev–Trinajstić information content (AvgIpc) is 1.95. The van der Waals surface area contributed by atoms with Gasteiger partial charge in [-0.3, -0.25) is 0 Å². The maximum atomic E-state index is 12.1. The Balaban J connectivity index is 3.86. The Hall–Kier alpha value is 0.0200. The average molecular weight is 207 g/mol. The molecule has 0 saturated heterocycles. The highest BCUT2D eigenvalue weighted by Gasteiger charge is 2.30. The highest BCUT2D eigenvalue weighted by molar-refractivity contribution is 8.18. The molecule has 0 aromatic rings. The lowest BCUT2D eigenvalue weighted by molar-refractivity contribution is 0.165. The molecule has 0 spiro atoms. The minimum atomic E-state index is -5.21. The fourth-order valence-electron chi connectivity index (χ4n) is 0.623. The topological polar surface area (TPSA) is 32.7 Å². The quantitative estimate of drug-likeness (QED) is 0.712. The highest BCUT2D eigenvalue weighted by Crippen LogP contribution is 2.56. The van der Waals surface area contributed by atoms with E-state index >= 15 is 0 Å². The van der Waals surface area contributed by atoms with Gasteiger partial charge in [0.05, 0.1) is 13.2 Å². The second-order valence-corrected chi connectivity index (χ2v) is 3.31. The predicted molar refractivity (Wildman–Crippen MR) is 41.4 cm³/mol. The van der Waals surface area contributed by atoms with E-state index in [9.17, 15) is 11.7 Å². The zero-order valence-corrected chi connectivity index (χ0v) is 7.49. The van der Waals surface area contributed by atoms with Gasteiger partial charge in [0.1, 0.15) is 0 Å². The highest BCUT2D eigenvalue weighted by atomic mass is 32.3. The van der Waals surface area contributed by atoms with Crippen LogP contribution in [0.4, 0.5) is 11.7 Å². The Morgan fingerprint density at radius 2 is 1.92 bits per heavy atom. The van der Waals surface area contributed by atoms with Gasteiger partial charge in [0.25, 0.3) is 11.4 Å². The Kier molecular flexibility index (Phi) is 5.64. The third-order valence-corrected chi connectivity index (χ3v) is 2.14. The molecule has 0 rings (SSSR count). The molecule has 0 unspecified atom stereocenters. The number of hydrogen-bond acceptors (Lipinski definition) is 3. The minimum absolute atomic E-state index is 0.0203. The van der Waals surface area contributed by atoms with Gasteiger partial charge >= 0.3 is 0 Å². The standard InChI is InChI=1S/C5H12F3NO2S/c1-11-5-3-9(2-4-10)12(6,7)8/h10H,2-5H2,1H3. The maximum absolute atomic E-state index is 12.1. The number of halogens is 3. The molecule has 0 aliphatic carbocycles. The van der Waals surface area contributed by atoms with Crippen molar-refractivity contribution in [1.29, 1.82) is 0 Å². The summed E-state index contributed by atoms with van der Waals surface area (Å²) in [7, 11) is 1.34. The van der Waals surface area contributed by atoms with Crippen molar-refractivity contribution in [3.05, 3.63) is 0 Å². The first-order chi connectivity index (χ1) is 5.52. The molecule has 0 fully saturated rings. The van der Waals surface area contributed by atoms with E-state index in [2.05, 4.69) is 4.74 Å². The first-order valence-corrected chi connectivity index (χ1v) is 4.58. The van der Waals surface area contributed by atoms with E-state index < -0.39 is 18.0 Å². The lowest BCUT2D eigenvalue weighted by Crippen LogP contribution is -2.28. The summed E-state index contributed by atoms with van der Waals surface area (Å²) in [6, 6.07) is 0. The van der Waals surface area contributed by atoms with E-state index in [1.54, 1.807) is 0 Å². The summed E-state index contributed by atoms with van der Waals surface area (Å²) in [6.45, 7) is -1.05. The van der Waals surface area contributed by atoms with E-state index in [1.807, 2.05) is 0 Å². The molecule has 0 heterocycles. The van der Waals surface area contributed by atoms with Crippen LogP contribution in [0.5, 0.6) is 0 Å². The van der Waals surface area contributed by atoms with E-state index in [0.717, 1.165) is 0 Å². The Morgan fingerprint density at radius 1 is 1.33 bits per heavy atom. The van der Waals surface area contributed by atoms with Crippen LogP contribution >= 0.6 is 11.4 Å². The first-order valence-electron chi connectivity index (χ1n) is 3.29. The molecule has 0 bridgehead atoms. The van der Waals surface area contributed by atoms with Crippen LogP contribution in [0.3, 0.4) is 0 Å². The molecule has 0 atom stereocenters. The van der Waals surface area contributed by atoms with E-state index in [4.69, 9.17) is 5.11 Å². The lowest BCUT2D eigenvalue weighted by atomic mass is 10.6. The zero-order chi connectivity index (χ0) is 9.61. The molecular weight excluding hydrogens is 195 g/mol. The van der Waals surface area contributed by atoms with Crippen molar-refractivity contribution < 1.29 is 21.5 Å². The molecule has 0 aliphatic heterocycles. The molecule has 12 heavy (non-hydrogen) atoms. The van der Waals surface area contributed by atoms with Crippen molar-refractivity contribution >= 4 is 11.4 Å². The SMILES string of the molecule is COCCN(CCO)S(F)(F)F. The summed E-state index contributed by atoms with van der Waals surface area (Å²) in [6.07, 6.45) is 0. The van der Waals surface area contributed by atoms with E-state index in [-0.39, 0.29) is 24.0 Å². The van der Waals surface area contributed by atoms with Crippen LogP contribution in [0.15, 0.2) is 0 Å². The third-order valence-electron chi connectivity index (χ3n) is 1.19. The smallest absolute Gasteiger partial charge is 0.278 e. The molecule has 76 valence electrons. The molecule has 0 aromatic heterocycles. The van der Waals surface area contributed by atoms with Gasteiger partial charge in [0.2, 0.25) is 0 Å². The Morgan fingerprint density at radius 3 is 2.25 bits per heavy atom. The van der Waals surface area contributed by atoms with Crippen LogP contribution in [-0.4, -0.2) is 42.8 Å². The van der Waals surface area contributed by atoms with Gasteiger partial charge in [-0.15, -0.1) is 11.7 Å². The summed E-state index contributed by atoms with van der Waals surface area (Å²) in [5.74, 6) is 0. The summed E-state index contributed by atoms with van der Waals surface area (Å²) in [4.78, 5) is 0. The molecule has 0 aromatic carbocycles. The van der Waals surface area contributed by atoms with Crippen molar-refractivity contribution in [3.63, 3.8) is 0 Å². The summed E-state index contributed by atoms with van der Waals surface area (Å²) < 4.78 is 41.0. The van der Waals surface area contributed by atoms with E-state index in [1.165, 1.54) is 7.11 Å². The molecular formula is C5H12F3NO2S. The second-order valence-electron chi connectivity index (χ2n) is 2.03. The summed E-state index contributed by atoms with van der Waals surface area (Å²) >= 11 is -5.21. The predicted octanol–water partition coefficient (Wildman–Crippen LogP) is 1.30. The van der Waals surface area contributed by atoms with Gasteiger partial charge in [-0.2, -0.15) is 4.31 Å². The minimum Gasteiger partial charge on any atom is -0.395 e. The van der Waals surface area contributed by atoms with Gasteiger partial charge < -0.3 is 9.84 Å². The number of nitrogens with zero attached hydrogens (tertiary/aromatic N) is 1. The summed E-state index contributed by atoms with van der Waals surface area (Å²) in [5, 5.41) is 8.33. The molecule has 3 nitrogen and oxygen atoms in total. The van der Waals surface area contributed by atoms with Crippen LogP contribution in [-0.2, 0) is 4.74 Å².